The molecule has 3 rings (SSSR count). The van der Waals surface area contributed by atoms with E-state index in [4.69, 9.17) is 4.74 Å². The second-order valence-corrected chi connectivity index (χ2v) is 8.30. The zero-order valence-electron chi connectivity index (χ0n) is 13.6. The van der Waals surface area contributed by atoms with Crippen molar-refractivity contribution in [3.8, 4) is 11.3 Å². The molecule has 0 atom stereocenters. The number of benzene rings is 1. The van der Waals surface area contributed by atoms with Crippen LogP contribution in [0.5, 0.6) is 0 Å². The lowest BCUT2D eigenvalue weighted by molar-refractivity contribution is 0.0730. The van der Waals surface area contributed by atoms with Crippen molar-refractivity contribution >= 4 is 26.5 Å². The Morgan fingerprint density at radius 3 is 2.62 bits per heavy atom. The molecule has 1 aliphatic heterocycles. The molecule has 0 radical (unpaired) electrons. The fourth-order valence-corrected chi connectivity index (χ4v) is 4.61. The summed E-state index contributed by atoms with van der Waals surface area (Å²) < 4.78 is 31.9. The monoisotopic (exact) mass is 367 g/mol. The zero-order chi connectivity index (χ0) is 17.0. The second-order valence-electron chi connectivity index (χ2n) is 5.51. The van der Waals surface area contributed by atoms with Crippen LogP contribution in [0.25, 0.3) is 11.3 Å². The molecule has 1 saturated heterocycles. The number of thiazole rings is 1. The second kappa shape index (κ2) is 7.60. The van der Waals surface area contributed by atoms with E-state index in [0.29, 0.717) is 31.2 Å². The highest BCUT2D eigenvalue weighted by atomic mass is 32.2. The quantitative estimate of drug-likeness (QED) is 0.850. The number of aromatic nitrogens is 1. The van der Waals surface area contributed by atoms with Gasteiger partial charge in [0.2, 0.25) is 10.0 Å². The van der Waals surface area contributed by atoms with Gasteiger partial charge in [-0.1, -0.05) is 19.1 Å². The highest BCUT2D eigenvalue weighted by Gasteiger charge is 2.26. The summed E-state index contributed by atoms with van der Waals surface area (Å²) in [4.78, 5) is 4.84. The number of nitrogens with one attached hydrogen (secondary N) is 1. The average molecular weight is 367 g/mol. The number of hydrogen-bond acceptors (Lipinski definition) is 6. The molecule has 8 heteroatoms. The summed E-state index contributed by atoms with van der Waals surface area (Å²) in [5.41, 5.74) is 1.77. The Morgan fingerprint density at radius 2 is 1.96 bits per heavy atom. The van der Waals surface area contributed by atoms with Crippen molar-refractivity contribution in [2.24, 2.45) is 0 Å². The van der Waals surface area contributed by atoms with Gasteiger partial charge in [0.25, 0.3) is 0 Å². The van der Waals surface area contributed by atoms with Gasteiger partial charge >= 0.3 is 0 Å². The van der Waals surface area contributed by atoms with Crippen LogP contribution in [0.1, 0.15) is 13.3 Å². The van der Waals surface area contributed by atoms with Crippen molar-refractivity contribution in [2.75, 3.05) is 38.2 Å². The van der Waals surface area contributed by atoms with Gasteiger partial charge in [0.05, 0.1) is 23.8 Å². The molecule has 1 fully saturated rings. The van der Waals surface area contributed by atoms with Gasteiger partial charge in [0.1, 0.15) is 0 Å². The minimum absolute atomic E-state index is 0.313. The van der Waals surface area contributed by atoms with Gasteiger partial charge in [-0.2, -0.15) is 4.31 Å². The van der Waals surface area contributed by atoms with E-state index >= 15 is 0 Å². The summed E-state index contributed by atoms with van der Waals surface area (Å²) in [5.74, 6) is 0. The van der Waals surface area contributed by atoms with Crippen LogP contribution in [0.3, 0.4) is 0 Å². The molecule has 0 spiro atoms. The van der Waals surface area contributed by atoms with E-state index in [1.54, 1.807) is 23.5 Å². The number of anilines is 1. The van der Waals surface area contributed by atoms with Gasteiger partial charge in [0.15, 0.2) is 5.13 Å². The van der Waals surface area contributed by atoms with E-state index in [2.05, 4.69) is 17.2 Å². The fraction of sp³-hybridized carbons (Fsp3) is 0.438. The lowest BCUT2D eigenvalue weighted by atomic mass is 10.2. The fourth-order valence-electron chi connectivity index (χ4n) is 2.45. The largest absolute Gasteiger partial charge is 0.379 e. The van der Waals surface area contributed by atoms with Gasteiger partial charge in [-0.05, 0) is 18.6 Å². The highest BCUT2D eigenvalue weighted by molar-refractivity contribution is 7.89. The first-order valence-corrected chi connectivity index (χ1v) is 10.3. The Kier molecular flexibility index (Phi) is 5.50. The Balaban J connectivity index is 1.76. The summed E-state index contributed by atoms with van der Waals surface area (Å²) in [5, 5.41) is 6.12. The van der Waals surface area contributed by atoms with Crippen LogP contribution in [-0.2, 0) is 14.8 Å². The standard InChI is InChI=1S/C16H21N3O3S2/c1-2-7-17-16-18-15(12-23-16)13-3-5-14(6-4-13)24(20,21)19-8-10-22-11-9-19/h3-6,12H,2,7-11H2,1H3,(H,17,18). The van der Waals surface area contributed by atoms with Crippen molar-refractivity contribution in [1.29, 1.82) is 0 Å². The highest BCUT2D eigenvalue weighted by Crippen LogP contribution is 2.26. The molecule has 0 saturated carbocycles. The van der Waals surface area contributed by atoms with Gasteiger partial charge in [-0.3, -0.25) is 0 Å². The van der Waals surface area contributed by atoms with Crippen molar-refractivity contribution in [3.05, 3.63) is 29.6 Å². The van der Waals surface area contributed by atoms with Crippen molar-refractivity contribution in [1.82, 2.24) is 9.29 Å². The van der Waals surface area contributed by atoms with E-state index in [-0.39, 0.29) is 0 Å². The smallest absolute Gasteiger partial charge is 0.243 e. The molecule has 6 nitrogen and oxygen atoms in total. The van der Waals surface area contributed by atoms with Crippen LogP contribution in [0.15, 0.2) is 34.5 Å². The SMILES string of the molecule is CCCNc1nc(-c2ccc(S(=O)(=O)N3CCOCC3)cc2)cs1. The maximum atomic E-state index is 12.6. The molecule has 1 aliphatic rings. The minimum Gasteiger partial charge on any atom is -0.379 e. The van der Waals surface area contributed by atoms with E-state index in [1.165, 1.54) is 4.31 Å². The molecule has 1 aromatic carbocycles. The molecular weight excluding hydrogens is 346 g/mol. The molecule has 0 bridgehead atoms. The summed E-state index contributed by atoms with van der Waals surface area (Å²) in [6.45, 7) is 4.71. The summed E-state index contributed by atoms with van der Waals surface area (Å²) in [6, 6.07) is 6.93. The van der Waals surface area contributed by atoms with Crippen LogP contribution in [-0.4, -0.2) is 50.6 Å². The van der Waals surface area contributed by atoms with Crippen molar-refractivity contribution < 1.29 is 13.2 Å². The number of hydrogen-bond donors (Lipinski definition) is 1. The Morgan fingerprint density at radius 1 is 1.25 bits per heavy atom. The summed E-state index contributed by atoms with van der Waals surface area (Å²) >= 11 is 1.55. The number of morpholine rings is 1. The third-order valence-corrected chi connectivity index (χ3v) is 6.50. The number of ether oxygens (including phenoxy) is 1. The molecule has 1 aromatic heterocycles. The van der Waals surface area contributed by atoms with Crippen LogP contribution in [0, 0.1) is 0 Å². The molecule has 130 valence electrons. The number of nitrogens with zero attached hydrogens (tertiary/aromatic N) is 2. The molecular formula is C16H21N3O3S2. The lowest BCUT2D eigenvalue weighted by Crippen LogP contribution is -2.40. The molecule has 0 amide bonds. The van der Waals surface area contributed by atoms with Gasteiger partial charge in [0, 0.05) is 30.6 Å². The predicted octanol–water partition coefficient (Wildman–Crippen LogP) is 2.65. The first-order valence-electron chi connectivity index (χ1n) is 7.99. The Labute approximate surface area is 146 Å². The predicted molar refractivity (Wildman–Crippen MR) is 95.9 cm³/mol. The Bertz CT molecular complexity index is 766. The van der Waals surface area contributed by atoms with Crippen molar-refractivity contribution in [2.45, 2.75) is 18.2 Å². The molecule has 24 heavy (non-hydrogen) atoms. The minimum atomic E-state index is -3.44. The summed E-state index contributed by atoms with van der Waals surface area (Å²) in [6.07, 6.45) is 1.04. The van der Waals surface area contributed by atoms with E-state index in [0.717, 1.165) is 29.4 Å². The maximum Gasteiger partial charge on any atom is 0.243 e. The molecule has 0 aliphatic carbocycles. The summed E-state index contributed by atoms with van der Waals surface area (Å²) in [7, 11) is -3.44. The maximum absolute atomic E-state index is 12.6. The Hall–Kier alpha value is -1.48. The number of sulfonamides is 1. The van der Waals surface area contributed by atoms with Crippen molar-refractivity contribution in [3.63, 3.8) is 0 Å². The average Bonchev–Trinajstić information content (AvgIpc) is 3.10. The molecule has 2 heterocycles. The van der Waals surface area contributed by atoms with E-state index < -0.39 is 10.0 Å². The van der Waals surface area contributed by atoms with Crippen LogP contribution >= 0.6 is 11.3 Å². The first kappa shape index (κ1) is 17.3. The third-order valence-electron chi connectivity index (χ3n) is 3.79. The third kappa shape index (κ3) is 3.77. The van der Waals surface area contributed by atoms with Gasteiger partial charge < -0.3 is 10.1 Å². The van der Waals surface area contributed by atoms with Crippen LogP contribution in [0.2, 0.25) is 0 Å². The van der Waals surface area contributed by atoms with Crippen LogP contribution < -0.4 is 5.32 Å². The van der Waals surface area contributed by atoms with E-state index in [9.17, 15) is 8.42 Å². The lowest BCUT2D eigenvalue weighted by Gasteiger charge is -2.26. The van der Waals surface area contributed by atoms with E-state index in [1.807, 2.05) is 17.5 Å². The topological polar surface area (TPSA) is 71.5 Å². The van der Waals surface area contributed by atoms with Crippen LogP contribution in [0.4, 0.5) is 5.13 Å². The molecule has 2 aromatic rings. The molecule has 0 unspecified atom stereocenters. The van der Waals surface area contributed by atoms with Gasteiger partial charge in [-0.15, -0.1) is 11.3 Å². The zero-order valence-corrected chi connectivity index (χ0v) is 15.2. The van der Waals surface area contributed by atoms with Gasteiger partial charge in [-0.25, -0.2) is 13.4 Å². The number of rotatable bonds is 6. The molecule has 1 N–H and O–H groups in total. The first-order chi connectivity index (χ1) is 11.6. The normalized spacial score (nSPS) is 16.2.